The van der Waals surface area contributed by atoms with E-state index in [4.69, 9.17) is 0 Å². The zero-order chi connectivity index (χ0) is 13.0. The lowest BCUT2D eigenvalue weighted by molar-refractivity contribution is -0.119. The first kappa shape index (κ1) is 12.6. The van der Waals surface area contributed by atoms with Gasteiger partial charge in [-0.05, 0) is 22.8 Å². The molecule has 0 radical (unpaired) electrons. The van der Waals surface area contributed by atoms with Gasteiger partial charge in [-0.1, -0.05) is 55.8 Å². The molecule has 0 fully saturated rings. The van der Waals surface area contributed by atoms with Crippen molar-refractivity contribution in [2.24, 2.45) is 0 Å². The Morgan fingerprint density at radius 1 is 1.17 bits per heavy atom. The topological polar surface area (TPSA) is 29.1 Å². The Morgan fingerprint density at radius 2 is 1.89 bits per heavy atom. The third-order valence-corrected chi connectivity index (χ3v) is 3.15. The van der Waals surface area contributed by atoms with Crippen LogP contribution < -0.4 is 5.32 Å². The Labute approximate surface area is 108 Å². The van der Waals surface area contributed by atoms with Crippen LogP contribution in [-0.2, 0) is 4.79 Å². The van der Waals surface area contributed by atoms with Gasteiger partial charge in [-0.25, -0.2) is 0 Å². The van der Waals surface area contributed by atoms with Crippen molar-refractivity contribution >= 4 is 16.7 Å². The molecule has 2 rings (SSSR count). The molecule has 1 amide bonds. The van der Waals surface area contributed by atoms with Crippen molar-refractivity contribution < 1.29 is 4.79 Å². The van der Waals surface area contributed by atoms with Gasteiger partial charge in [0.15, 0.2) is 0 Å². The van der Waals surface area contributed by atoms with Gasteiger partial charge in [0.25, 0.3) is 0 Å². The predicted molar refractivity (Wildman–Crippen MR) is 75.4 cm³/mol. The number of hydrogen-bond donors (Lipinski definition) is 1. The minimum absolute atomic E-state index is 0.0291. The van der Waals surface area contributed by atoms with Gasteiger partial charge in [-0.3, -0.25) is 4.79 Å². The van der Waals surface area contributed by atoms with Crippen molar-refractivity contribution in [3.63, 3.8) is 0 Å². The summed E-state index contributed by atoms with van der Waals surface area (Å²) >= 11 is 0. The Balaban J connectivity index is 2.46. The van der Waals surface area contributed by atoms with Crippen molar-refractivity contribution in [3.05, 3.63) is 48.0 Å². The van der Waals surface area contributed by atoms with Crippen LogP contribution in [0.3, 0.4) is 0 Å². The Bertz CT molecular complexity index is 542. The van der Waals surface area contributed by atoms with Gasteiger partial charge in [-0.2, -0.15) is 0 Å². The maximum atomic E-state index is 11.3. The van der Waals surface area contributed by atoms with Gasteiger partial charge >= 0.3 is 0 Å². The molecule has 94 valence electrons. The normalized spacial score (nSPS) is 12.3. The molecule has 1 N–H and O–H groups in total. The van der Waals surface area contributed by atoms with Crippen LogP contribution in [0.2, 0.25) is 0 Å². The highest BCUT2D eigenvalue weighted by atomic mass is 16.1. The smallest absolute Gasteiger partial charge is 0.217 e. The Kier molecular flexibility index (Phi) is 3.98. The molecule has 18 heavy (non-hydrogen) atoms. The van der Waals surface area contributed by atoms with Crippen molar-refractivity contribution in [2.45, 2.75) is 32.7 Å². The third-order valence-electron chi connectivity index (χ3n) is 3.15. The quantitative estimate of drug-likeness (QED) is 0.866. The van der Waals surface area contributed by atoms with E-state index in [9.17, 15) is 4.79 Å². The van der Waals surface area contributed by atoms with Crippen LogP contribution in [0.15, 0.2) is 42.5 Å². The van der Waals surface area contributed by atoms with Crippen LogP contribution in [0.4, 0.5) is 0 Å². The largest absolute Gasteiger partial charge is 0.350 e. The van der Waals surface area contributed by atoms with Crippen LogP contribution in [-0.4, -0.2) is 5.91 Å². The molecular formula is C16H19NO. The van der Waals surface area contributed by atoms with Crippen LogP contribution in [0, 0.1) is 0 Å². The number of fused-ring (bicyclic) bond motifs is 1. The molecule has 0 saturated carbocycles. The first-order valence-electron chi connectivity index (χ1n) is 6.47. The monoisotopic (exact) mass is 241 g/mol. The van der Waals surface area contributed by atoms with Gasteiger partial charge in [0.05, 0.1) is 6.04 Å². The molecule has 0 unspecified atom stereocenters. The summed E-state index contributed by atoms with van der Waals surface area (Å²) in [5.74, 6) is 0.0291. The number of carbonyl (C=O) groups excluding carboxylic acids is 1. The highest BCUT2D eigenvalue weighted by molar-refractivity contribution is 5.86. The summed E-state index contributed by atoms with van der Waals surface area (Å²) in [6.45, 7) is 3.72. The highest BCUT2D eigenvalue weighted by Crippen LogP contribution is 2.27. The molecule has 1 atom stereocenters. The molecular weight excluding hydrogens is 222 g/mol. The standard InChI is InChI=1S/C16H19NO/c1-3-7-16(17-12(2)18)15-11-6-9-13-8-4-5-10-14(13)15/h4-6,8-11,16H,3,7H2,1-2H3,(H,17,18)/t16-/m1/s1. The molecule has 0 aliphatic rings. The molecule has 0 aliphatic carbocycles. The zero-order valence-electron chi connectivity index (χ0n) is 10.9. The summed E-state index contributed by atoms with van der Waals surface area (Å²) in [5, 5.41) is 5.50. The van der Waals surface area contributed by atoms with E-state index in [-0.39, 0.29) is 11.9 Å². The van der Waals surface area contributed by atoms with E-state index in [2.05, 4.69) is 42.6 Å². The minimum atomic E-state index is 0.0291. The highest BCUT2D eigenvalue weighted by Gasteiger charge is 2.13. The van der Waals surface area contributed by atoms with E-state index >= 15 is 0 Å². The molecule has 0 heterocycles. The molecule has 2 aromatic carbocycles. The fourth-order valence-corrected chi connectivity index (χ4v) is 2.39. The number of amides is 1. The van der Waals surface area contributed by atoms with Gasteiger partial charge in [0.2, 0.25) is 5.91 Å². The maximum Gasteiger partial charge on any atom is 0.217 e. The fourth-order valence-electron chi connectivity index (χ4n) is 2.39. The molecule has 0 bridgehead atoms. The van der Waals surface area contributed by atoms with E-state index in [1.807, 2.05) is 12.1 Å². The fraction of sp³-hybridized carbons (Fsp3) is 0.312. The summed E-state index contributed by atoms with van der Waals surface area (Å²) in [4.78, 5) is 11.3. The number of rotatable bonds is 4. The molecule has 2 nitrogen and oxygen atoms in total. The lowest BCUT2D eigenvalue weighted by atomic mass is 9.96. The van der Waals surface area contributed by atoms with Crippen molar-refractivity contribution in [3.8, 4) is 0 Å². The number of carbonyl (C=O) groups is 1. The van der Waals surface area contributed by atoms with E-state index in [0.717, 1.165) is 12.8 Å². The molecule has 2 aromatic rings. The third kappa shape index (κ3) is 2.70. The average Bonchev–Trinajstić information content (AvgIpc) is 2.37. The number of hydrogen-bond acceptors (Lipinski definition) is 1. The summed E-state index contributed by atoms with van der Waals surface area (Å²) in [5.41, 5.74) is 1.21. The Hall–Kier alpha value is -1.83. The van der Waals surface area contributed by atoms with Crippen molar-refractivity contribution in [2.75, 3.05) is 0 Å². The van der Waals surface area contributed by atoms with E-state index in [1.165, 1.54) is 16.3 Å². The second-order valence-corrected chi connectivity index (χ2v) is 4.61. The predicted octanol–water partition coefficient (Wildman–Crippen LogP) is 3.82. The van der Waals surface area contributed by atoms with Gasteiger partial charge in [0, 0.05) is 6.92 Å². The van der Waals surface area contributed by atoms with E-state index < -0.39 is 0 Å². The zero-order valence-corrected chi connectivity index (χ0v) is 10.9. The van der Waals surface area contributed by atoms with Crippen LogP contribution >= 0.6 is 0 Å². The molecule has 2 heteroatoms. The molecule has 0 saturated heterocycles. The summed E-state index contributed by atoms with van der Waals surface area (Å²) < 4.78 is 0. The number of benzene rings is 2. The average molecular weight is 241 g/mol. The summed E-state index contributed by atoms with van der Waals surface area (Å²) in [7, 11) is 0. The molecule has 0 spiro atoms. The first-order chi connectivity index (χ1) is 8.72. The Morgan fingerprint density at radius 3 is 2.61 bits per heavy atom. The van der Waals surface area contributed by atoms with Gasteiger partial charge in [-0.15, -0.1) is 0 Å². The lowest BCUT2D eigenvalue weighted by Crippen LogP contribution is -2.26. The first-order valence-corrected chi connectivity index (χ1v) is 6.47. The minimum Gasteiger partial charge on any atom is -0.350 e. The number of nitrogens with one attached hydrogen (secondary N) is 1. The molecule has 0 aliphatic heterocycles. The van der Waals surface area contributed by atoms with Crippen LogP contribution in [0.5, 0.6) is 0 Å². The summed E-state index contributed by atoms with van der Waals surface area (Å²) in [6, 6.07) is 14.7. The second kappa shape index (κ2) is 5.67. The SMILES string of the molecule is CCC[C@@H](NC(C)=O)c1cccc2ccccc12. The second-order valence-electron chi connectivity index (χ2n) is 4.61. The molecule has 0 aromatic heterocycles. The van der Waals surface area contributed by atoms with Crippen molar-refractivity contribution in [1.29, 1.82) is 0 Å². The maximum absolute atomic E-state index is 11.3. The summed E-state index contributed by atoms with van der Waals surface area (Å²) in [6.07, 6.45) is 2.02. The van der Waals surface area contributed by atoms with Gasteiger partial charge in [0.1, 0.15) is 0 Å². The van der Waals surface area contributed by atoms with Crippen molar-refractivity contribution in [1.82, 2.24) is 5.32 Å². The van der Waals surface area contributed by atoms with E-state index in [0.29, 0.717) is 0 Å². The van der Waals surface area contributed by atoms with E-state index in [1.54, 1.807) is 6.92 Å². The van der Waals surface area contributed by atoms with Crippen LogP contribution in [0.1, 0.15) is 38.3 Å². The lowest BCUT2D eigenvalue weighted by Gasteiger charge is -2.19. The van der Waals surface area contributed by atoms with Gasteiger partial charge < -0.3 is 5.32 Å². The van der Waals surface area contributed by atoms with Crippen LogP contribution in [0.25, 0.3) is 10.8 Å².